The van der Waals surface area contributed by atoms with Crippen LogP contribution in [0.5, 0.6) is 0 Å². The van der Waals surface area contributed by atoms with E-state index < -0.39 is 17.3 Å². The van der Waals surface area contributed by atoms with Gasteiger partial charge >= 0.3 is 5.97 Å². The van der Waals surface area contributed by atoms with Crippen LogP contribution >= 0.6 is 0 Å². The first-order chi connectivity index (χ1) is 8.41. The summed E-state index contributed by atoms with van der Waals surface area (Å²) in [4.78, 5) is 22.9. The number of carbonyl (C=O) groups excluding carboxylic acids is 1. The summed E-state index contributed by atoms with van der Waals surface area (Å²) in [6.45, 7) is 2.80. The monoisotopic (exact) mass is 247 g/mol. The number of nitrogens with one attached hydrogen (secondary N) is 1. The number of hydrogen-bond acceptors (Lipinski definition) is 2. The Bertz CT molecular complexity index is 506. The summed E-state index contributed by atoms with van der Waals surface area (Å²) >= 11 is 0. The van der Waals surface area contributed by atoms with Gasteiger partial charge in [0.2, 0.25) is 5.91 Å². The van der Waals surface area contributed by atoms with Gasteiger partial charge in [-0.3, -0.25) is 9.59 Å². The van der Waals surface area contributed by atoms with Crippen molar-refractivity contribution in [3.8, 4) is 0 Å². The smallest absolute Gasteiger partial charge is 0.318 e. The van der Waals surface area contributed by atoms with Crippen LogP contribution in [0, 0.1) is 5.41 Å². The first-order valence-electron chi connectivity index (χ1n) is 6.08. The number of fused-ring (bicyclic) bond motifs is 1. The lowest BCUT2D eigenvalue weighted by Gasteiger charge is -2.18. The third-order valence-corrected chi connectivity index (χ3v) is 3.46. The van der Waals surface area contributed by atoms with Crippen LogP contribution in [0.1, 0.15) is 31.4 Å². The first-order valence-corrected chi connectivity index (χ1v) is 6.08. The van der Waals surface area contributed by atoms with Gasteiger partial charge in [-0.2, -0.15) is 0 Å². The van der Waals surface area contributed by atoms with E-state index in [2.05, 4.69) is 5.32 Å². The number of aryl methyl sites for hydroxylation is 2. The molecule has 1 aromatic carbocycles. The molecule has 96 valence electrons. The fourth-order valence-corrected chi connectivity index (χ4v) is 2.03. The third kappa shape index (κ3) is 2.23. The second kappa shape index (κ2) is 4.44. The molecule has 0 atom stereocenters. The Morgan fingerprint density at radius 2 is 1.89 bits per heavy atom. The van der Waals surface area contributed by atoms with Crippen molar-refractivity contribution in [2.45, 2.75) is 33.1 Å². The lowest BCUT2D eigenvalue weighted by Crippen LogP contribution is -2.37. The largest absolute Gasteiger partial charge is 0.480 e. The van der Waals surface area contributed by atoms with E-state index in [0.29, 0.717) is 5.69 Å². The quantitative estimate of drug-likeness (QED) is 0.805. The van der Waals surface area contributed by atoms with Crippen molar-refractivity contribution in [3.05, 3.63) is 29.3 Å². The summed E-state index contributed by atoms with van der Waals surface area (Å²) in [5.41, 5.74) is 1.83. The van der Waals surface area contributed by atoms with Crippen molar-refractivity contribution in [1.82, 2.24) is 0 Å². The lowest BCUT2D eigenvalue weighted by atomic mass is 9.92. The number of anilines is 1. The highest BCUT2D eigenvalue weighted by atomic mass is 16.4. The molecule has 0 saturated heterocycles. The van der Waals surface area contributed by atoms with E-state index in [1.54, 1.807) is 0 Å². The van der Waals surface area contributed by atoms with Gasteiger partial charge < -0.3 is 10.4 Å². The summed E-state index contributed by atoms with van der Waals surface area (Å²) in [6, 6.07) is 5.78. The van der Waals surface area contributed by atoms with Crippen molar-refractivity contribution in [1.29, 1.82) is 0 Å². The molecule has 0 aromatic heterocycles. The van der Waals surface area contributed by atoms with Gasteiger partial charge in [0.1, 0.15) is 5.41 Å². The summed E-state index contributed by atoms with van der Waals surface area (Å²) < 4.78 is 0. The number of rotatable bonds is 3. The van der Waals surface area contributed by atoms with Crippen LogP contribution in [-0.2, 0) is 22.4 Å². The zero-order valence-electron chi connectivity index (χ0n) is 10.6. The molecule has 1 aliphatic carbocycles. The molecular formula is C14H17NO3. The van der Waals surface area contributed by atoms with E-state index in [0.717, 1.165) is 19.3 Å². The van der Waals surface area contributed by atoms with Crippen LogP contribution in [0.3, 0.4) is 0 Å². The van der Waals surface area contributed by atoms with Gasteiger partial charge in [0, 0.05) is 5.69 Å². The minimum Gasteiger partial charge on any atom is -0.480 e. The Morgan fingerprint density at radius 1 is 1.22 bits per heavy atom. The molecule has 0 heterocycles. The maximum atomic E-state index is 11.9. The van der Waals surface area contributed by atoms with E-state index in [-0.39, 0.29) is 0 Å². The molecule has 1 aromatic rings. The molecule has 0 spiro atoms. The van der Waals surface area contributed by atoms with Gasteiger partial charge in [-0.05, 0) is 56.4 Å². The van der Waals surface area contributed by atoms with Gasteiger partial charge in [0.05, 0.1) is 0 Å². The van der Waals surface area contributed by atoms with Crippen molar-refractivity contribution < 1.29 is 14.7 Å². The molecule has 1 amide bonds. The topological polar surface area (TPSA) is 66.4 Å². The minimum absolute atomic E-state index is 0.493. The van der Waals surface area contributed by atoms with Crippen LogP contribution in [-0.4, -0.2) is 17.0 Å². The average molecular weight is 247 g/mol. The fourth-order valence-electron chi connectivity index (χ4n) is 2.03. The molecule has 4 heteroatoms. The molecule has 2 rings (SSSR count). The van der Waals surface area contributed by atoms with Crippen LogP contribution in [0.25, 0.3) is 0 Å². The number of carboxylic acids is 1. The number of benzene rings is 1. The van der Waals surface area contributed by atoms with Gasteiger partial charge in [-0.1, -0.05) is 6.07 Å². The number of carbonyl (C=O) groups is 2. The number of carboxylic acid groups (broad SMARTS) is 1. The standard InChI is InChI=1S/C14H17NO3/c1-14(2,13(17)18)12(16)15-11-7-6-9-4-3-5-10(9)8-11/h6-8H,3-5H2,1-2H3,(H,15,16)(H,17,18). The third-order valence-electron chi connectivity index (χ3n) is 3.46. The van der Waals surface area contributed by atoms with Crippen LogP contribution in [0.15, 0.2) is 18.2 Å². The normalized spacial score (nSPS) is 14.1. The first kappa shape index (κ1) is 12.6. The highest BCUT2D eigenvalue weighted by molar-refractivity contribution is 6.07. The maximum absolute atomic E-state index is 11.9. The number of hydrogen-bond donors (Lipinski definition) is 2. The Hall–Kier alpha value is -1.84. The predicted molar refractivity (Wildman–Crippen MR) is 68.5 cm³/mol. The van der Waals surface area contributed by atoms with Gasteiger partial charge in [0.15, 0.2) is 0 Å². The molecule has 0 unspecified atom stereocenters. The van der Waals surface area contributed by atoms with Crippen molar-refractivity contribution in [3.63, 3.8) is 0 Å². The number of aliphatic carboxylic acids is 1. The lowest BCUT2D eigenvalue weighted by molar-refractivity contribution is -0.151. The second-order valence-corrected chi connectivity index (χ2v) is 5.22. The highest BCUT2D eigenvalue weighted by Gasteiger charge is 2.36. The SMILES string of the molecule is CC(C)(C(=O)O)C(=O)Nc1ccc2c(c1)CCC2. The van der Waals surface area contributed by atoms with Crippen LogP contribution in [0.2, 0.25) is 0 Å². The molecule has 0 saturated carbocycles. The zero-order chi connectivity index (χ0) is 13.3. The highest BCUT2D eigenvalue weighted by Crippen LogP contribution is 2.26. The van der Waals surface area contributed by atoms with Crippen molar-refractivity contribution >= 4 is 17.6 Å². The number of amides is 1. The molecule has 0 fully saturated rings. The van der Waals surface area contributed by atoms with Crippen LogP contribution in [0.4, 0.5) is 5.69 Å². The molecular weight excluding hydrogens is 230 g/mol. The van der Waals surface area contributed by atoms with Crippen LogP contribution < -0.4 is 5.32 Å². The summed E-state index contributed by atoms with van der Waals surface area (Å²) in [5.74, 6) is -1.62. The van der Waals surface area contributed by atoms with E-state index >= 15 is 0 Å². The van der Waals surface area contributed by atoms with Crippen molar-refractivity contribution in [2.24, 2.45) is 5.41 Å². The molecule has 18 heavy (non-hydrogen) atoms. The molecule has 0 bridgehead atoms. The summed E-state index contributed by atoms with van der Waals surface area (Å²) in [5, 5.41) is 11.7. The summed E-state index contributed by atoms with van der Waals surface area (Å²) in [6.07, 6.45) is 3.26. The van der Waals surface area contributed by atoms with Gasteiger partial charge in [0.25, 0.3) is 0 Å². The van der Waals surface area contributed by atoms with E-state index in [1.807, 2.05) is 18.2 Å². The Morgan fingerprint density at radius 3 is 2.56 bits per heavy atom. The zero-order valence-corrected chi connectivity index (χ0v) is 10.6. The van der Waals surface area contributed by atoms with Crippen molar-refractivity contribution in [2.75, 3.05) is 5.32 Å². The van der Waals surface area contributed by atoms with E-state index in [1.165, 1.54) is 25.0 Å². The van der Waals surface area contributed by atoms with E-state index in [9.17, 15) is 9.59 Å². The maximum Gasteiger partial charge on any atom is 0.318 e. The Balaban J connectivity index is 2.15. The molecule has 1 aliphatic rings. The molecule has 4 nitrogen and oxygen atoms in total. The fraction of sp³-hybridized carbons (Fsp3) is 0.429. The van der Waals surface area contributed by atoms with Gasteiger partial charge in [-0.15, -0.1) is 0 Å². The van der Waals surface area contributed by atoms with E-state index in [4.69, 9.17) is 5.11 Å². The molecule has 0 radical (unpaired) electrons. The second-order valence-electron chi connectivity index (χ2n) is 5.22. The Labute approximate surface area is 106 Å². The molecule has 2 N–H and O–H groups in total. The van der Waals surface area contributed by atoms with Gasteiger partial charge in [-0.25, -0.2) is 0 Å². The molecule has 0 aliphatic heterocycles. The predicted octanol–water partition coefficient (Wildman–Crippen LogP) is 2.22. The summed E-state index contributed by atoms with van der Waals surface area (Å²) in [7, 11) is 0. The minimum atomic E-state index is -1.42. The Kier molecular flexibility index (Phi) is 3.11. The average Bonchev–Trinajstić information content (AvgIpc) is 2.75.